The summed E-state index contributed by atoms with van der Waals surface area (Å²) in [6, 6.07) is 12.1. The lowest BCUT2D eigenvalue weighted by molar-refractivity contribution is -0.115. The third kappa shape index (κ3) is 3.96. The topological polar surface area (TPSA) is 61.7 Å². The number of hydrogen-bond donors (Lipinski definition) is 2. The van der Waals surface area contributed by atoms with Crippen LogP contribution < -0.4 is 5.32 Å². The summed E-state index contributed by atoms with van der Waals surface area (Å²) in [7, 11) is 0. The molecule has 23 heavy (non-hydrogen) atoms. The van der Waals surface area contributed by atoms with Gasteiger partial charge in [0.15, 0.2) is 5.17 Å². The molecule has 0 aliphatic carbocycles. The van der Waals surface area contributed by atoms with Crippen LogP contribution in [0.25, 0.3) is 6.08 Å². The van der Waals surface area contributed by atoms with Gasteiger partial charge in [-0.05, 0) is 75.7 Å². The van der Waals surface area contributed by atoms with Crippen molar-refractivity contribution in [2.24, 2.45) is 4.99 Å². The highest BCUT2D eigenvalue weighted by atomic mass is 79.9. The first-order valence-corrected chi connectivity index (χ1v) is 8.54. The van der Waals surface area contributed by atoms with Crippen molar-refractivity contribution in [3.63, 3.8) is 0 Å². The average molecular weight is 410 g/mol. The number of carbonyl (C=O) groups is 1. The molecule has 0 aromatic heterocycles. The Morgan fingerprint density at radius 3 is 2.65 bits per heavy atom. The van der Waals surface area contributed by atoms with Crippen LogP contribution in [0, 0.1) is 0 Å². The lowest BCUT2D eigenvalue weighted by Crippen LogP contribution is -2.19. The molecule has 2 N–H and O–H groups in total. The number of halogens is 2. The van der Waals surface area contributed by atoms with E-state index < -0.39 is 0 Å². The zero-order valence-corrected chi connectivity index (χ0v) is 14.7. The maximum Gasteiger partial charge on any atom is 0.264 e. The van der Waals surface area contributed by atoms with Crippen molar-refractivity contribution in [2.75, 3.05) is 0 Å². The van der Waals surface area contributed by atoms with E-state index in [1.54, 1.807) is 48.5 Å². The zero-order valence-electron chi connectivity index (χ0n) is 11.6. The average Bonchev–Trinajstić information content (AvgIpc) is 2.85. The fourth-order valence-corrected chi connectivity index (χ4v) is 3.24. The maximum atomic E-state index is 12.0. The molecule has 1 fully saturated rings. The Hall–Kier alpha value is -1.76. The number of aliphatic imine (C=N–C) groups is 1. The zero-order chi connectivity index (χ0) is 16.4. The van der Waals surface area contributed by atoms with Crippen LogP contribution in [0.2, 0.25) is 5.02 Å². The molecule has 2 aromatic carbocycles. The van der Waals surface area contributed by atoms with Crippen LogP contribution in [0.4, 0.5) is 5.69 Å². The highest BCUT2D eigenvalue weighted by Gasteiger charge is 2.23. The van der Waals surface area contributed by atoms with E-state index in [9.17, 15) is 9.90 Å². The number of nitrogens with one attached hydrogen (secondary N) is 1. The number of nitrogens with zero attached hydrogens (tertiary/aromatic N) is 1. The molecule has 0 saturated carbocycles. The molecule has 1 aliphatic heterocycles. The van der Waals surface area contributed by atoms with E-state index in [2.05, 4.69) is 26.2 Å². The lowest BCUT2D eigenvalue weighted by atomic mass is 10.2. The molecular weight excluding hydrogens is 400 g/mol. The van der Waals surface area contributed by atoms with Gasteiger partial charge in [0, 0.05) is 5.02 Å². The quantitative estimate of drug-likeness (QED) is 0.707. The minimum Gasteiger partial charge on any atom is -0.507 e. The van der Waals surface area contributed by atoms with Gasteiger partial charge < -0.3 is 10.4 Å². The fraction of sp³-hybridized carbons (Fsp3) is 0. The van der Waals surface area contributed by atoms with Crippen LogP contribution in [-0.4, -0.2) is 16.2 Å². The largest absolute Gasteiger partial charge is 0.507 e. The van der Waals surface area contributed by atoms with Gasteiger partial charge in [0.2, 0.25) is 0 Å². The van der Waals surface area contributed by atoms with Gasteiger partial charge in [0.05, 0.1) is 15.1 Å². The van der Waals surface area contributed by atoms with Crippen molar-refractivity contribution in [3.8, 4) is 5.75 Å². The van der Waals surface area contributed by atoms with Crippen molar-refractivity contribution in [3.05, 3.63) is 62.4 Å². The van der Waals surface area contributed by atoms with E-state index in [1.807, 2.05) is 0 Å². The monoisotopic (exact) mass is 408 g/mol. The number of hydrogen-bond acceptors (Lipinski definition) is 4. The highest BCUT2D eigenvalue weighted by Crippen LogP contribution is 2.30. The fourth-order valence-electron chi connectivity index (χ4n) is 1.88. The van der Waals surface area contributed by atoms with Gasteiger partial charge >= 0.3 is 0 Å². The molecule has 2 aromatic rings. The third-order valence-corrected chi connectivity index (χ3v) is 4.77. The molecule has 7 heteroatoms. The molecule has 0 unspecified atom stereocenters. The summed E-state index contributed by atoms with van der Waals surface area (Å²) in [4.78, 5) is 16.9. The summed E-state index contributed by atoms with van der Waals surface area (Å²) >= 11 is 10.3. The number of carbonyl (C=O) groups excluding carboxylic acids is 1. The van der Waals surface area contributed by atoms with Crippen LogP contribution in [-0.2, 0) is 4.79 Å². The Bertz CT molecular complexity index is 834. The standard InChI is InChI=1S/C16H10BrClN2O2S/c17-12-7-9(1-6-13(12)21)8-14-15(22)20-16(23-14)19-11-4-2-10(18)3-5-11/h1-8,21H,(H,19,20,22)/b14-8-. The van der Waals surface area contributed by atoms with Crippen molar-refractivity contribution < 1.29 is 9.90 Å². The number of rotatable bonds is 2. The molecule has 3 rings (SSSR count). The predicted octanol–water partition coefficient (Wildman–Crippen LogP) is 4.70. The molecular formula is C16H10BrClN2O2S. The number of aromatic hydroxyl groups is 1. The first-order valence-electron chi connectivity index (χ1n) is 6.55. The number of amidine groups is 1. The van der Waals surface area contributed by atoms with Crippen molar-refractivity contribution in [1.82, 2.24) is 5.32 Å². The van der Waals surface area contributed by atoms with E-state index in [0.717, 1.165) is 5.56 Å². The van der Waals surface area contributed by atoms with Crippen LogP contribution in [0.1, 0.15) is 5.56 Å². The molecule has 0 atom stereocenters. The molecule has 4 nitrogen and oxygen atoms in total. The van der Waals surface area contributed by atoms with E-state index >= 15 is 0 Å². The van der Waals surface area contributed by atoms with Crippen LogP contribution in [0.3, 0.4) is 0 Å². The van der Waals surface area contributed by atoms with E-state index in [1.165, 1.54) is 11.8 Å². The van der Waals surface area contributed by atoms with Crippen molar-refractivity contribution in [2.45, 2.75) is 0 Å². The van der Waals surface area contributed by atoms with Crippen molar-refractivity contribution >= 4 is 62.1 Å². The van der Waals surface area contributed by atoms with Gasteiger partial charge in [-0.15, -0.1) is 0 Å². The summed E-state index contributed by atoms with van der Waals surface area (Å²) in [5.41, 5.74) is 1.52. The van der Waals surface area contributed by atoms with Gasteiger partial charge in [-0.25, -0.2) is 4.99 Å². The minimum atomic E-state index is -0.202. The first-order chi connectivity index (χ1) is 11.0. The van der Waals surface area contributed by atoms with Gasteiger partial charge in [-0.2, -0.15) is 0 Å². The number of benzene rings is 2. The summed E-state index contributed by atoms with van der Waals surface area (Å²) in [6.45, 7) is 0. The molecule has 1 amide bonds. The second-order valence-corrected chi connectivity index (χ2v) is 6.99. The summed E-state index contributed by atoms with van der Waals surface area (Å²) < 4.78 is 0.574. The van der Waals surface area contributed by atoms with E-state index in [-0.39, 0.29) is 11.7 Å². The Labute approximate surface area is 150 Å². The first kappa shape index (κ1) is 16.1. The molecule has 1 heterocycles. The van der Waals surface area contributed by atoms with Crippen molar-refractivity contribution in [1.29, 1.82) is 0 Å². The Kier molecular flexibility index (Phi) is 4.75. The predicted molar refractivity (Wildman–Crippen MR) is 98.1 cm³/mol. The maximum absolute atomic E-state index is 12.0. The molecule has 0 radical (unpaired) electrons. The number of phenolic OH excluding ortho intramolecular Hbond substituents is 1. The summed E-state index contributed by atoms with van der Waals surface area (Å²) in [6.07, 6.45) is 1.74. The molecule has 1 aliphatic rings. The lowest BCUT2D eigenvalue weighted by Gasteiger charge is -1.99. The molecule has 0 bridgehead atoms. The van der Waals surface area contributed by atoms with Gasteiger partial charge in [0.1, 0.15) is 5.75 Å². The summed E-state index contributed by atoms with van der Waals surface area (Å²) in [5, 5.41) is 13.4. The second kappa shape index (κ2) is 6.78. The minimum absolute atomic E-state index is 0.153. The van der Waals surface area contributed by atoms with Crippen LogP contribution in [0.5, 0.6) is 5.75 Å². The highest BCUT2D eigenvalue weighted by molar-refractivity contribution is 9.10. The van der Waals surface area contributed by atoms with Crippen LogP contribution >= 0.6 is 39.3 Å². The SMILES string of the molecule is O=C1NC(=Nc2ccc(Cl)cc2)S/C1=C\c1ccc(O)c(Br)c1. The normalized spacial score (nSPS) is 17.7. The number of thioether (sulfide) groups is 1. The van der Waals surface area contributed by atoms with Gasteiger partial charge in [0.25, 0.3) is 5.91 Å². The summed E-state index contributed by atoms with van der Waals surface area (Å²) in [5.74, 6) is -0.0485. The Balaban J connectivity index is 1.83. The van der Waals surface area contributed by atoms with Gasteiger partial charge in [-0.1, -0.05) is 17.7 Å². The smallest absolute Gasteiger partial charge is 0.264 e. The second-order valence-electron chi connectivity index (χ2n) is 4.67. The molecule has 0 spiro atoms. The number of amides is 1. The Morgan fingerprint density at radius 2 is 1.96 bits per heavy atom. The van der Waals surface area contributed by atoms with E-state index in [0.29, 0.717) is 25.3 Å². The van der Waals surface area contributed by atoms with E-state index in [4.69, 9.17) is 11.6 Å². The van der Waals surface area contributed by atoms with Gasteiger partial charge in [-0.3, -0.25) is 4.79 Å². The Morgan fingerprint density at radius 1 is 1.22 bits per heavy atom. The third-order valence-electron chi connectivity index (χ3n) is 2.98. The number of phenols is 1. The molecule has 1 saturated heterocycles. The molecule has 116 valence electrons. The van der Waals surface area contributed by atoms with Crippen LogP contribution in [0.15, 0.2) is 56.8 Å².